The molecule has 106 valence electrons. The van der Waals surface area contributed by atoms with E-state index in [1.807, 2.05) is 13.1 Å². The van der Waals surface area contributed by atoms with Crippen LogP contribution in [0.3, 0.4) is 0 Å². The molecule has 0 fully saturated rings. The Balaban J connectivity index is 1.89. The van der Waals surface area contributed by atoms with Crippen molar-refractivity contribution in [1.82, 2.24) is 5.32 Å². The molecule has 2 aromatic rings. The molecule has 2 rings (SSSR count). The summed E-state index contributed by atoms with van der Waals surface area (Å²) >= 11 is 0. The fourth-order valence-electron chi connectivity index (χ4n) is 2.09. The van der Waals surface area contributed by atoms with Crippen molar-refractivity contribution < 1.29 is 4.74 Å². The predicted octanol–water partition coefficient (Wildman–Crippen LogP) is 3.59. The number of hydrogen-bond donors (Lipinski definition) is 1. The van der Waals surface area contributed by atoms with Gasteiger partial charge in [0, 0.05) is 0 Å². The van der Waals surface area contributed by atoms with Gasteiger partial charge in [0.1, 0.15) is 12.4 Å². The first-order chi connectivity index (χ1) is 9.81. The Kier molecular flexibility index (Phi) is 5.63. The van der Waals surface area contributed by atoms with Crippen LogP contribution in [0.2, 0.25) is 0 Å². The maximum absolute atomic E-state index is 5.84. The summed E-state index contributed by atoms with van der Waals surface area (Å²) in [5, 5.41) is 3.16. The zero-order chi connectivity index (χ0) is 14.2. The SMILES string of the molecule is CCc1cccc(OCc2ccc(CCNC)cc2)c1. The van der Waals surface area contributed by atoms with Gasteiger partial charge in [-0.25, -0.2) is 0 Å². The molecule has 0 aliphatic heterocycles. The largest absolute Gasteiger partial charge is 0.489 e. The third-order valence-corrected chi connectivity index (χ3v) is 3.40. The number of rotatable bonds is 7. The summed E-state index contributed by atoms with van der Waals surface area (Å²) in [6, 6.07) is 17.0. The van der Waals surface area contributed by atoms with E-state index in [0.717, 1.165) is 25.1 Å². The molecule has 2 aromatic carbocycles. The van der Waals surface area contributed by atoms with Gasteiger partial charge in [-0.05, 0) is 55.3 Å². The maximum Gasteiger partial charge on any atom is 0.120 e. The molecule has 2 heteroatoms. The molecule has 20 heavy (non-hydrogen) atoms. The molecule has 0 saturated heterocycles. The second-order valence-corrected chi connectivity index (χ2v) is 4.96. The summed E-state index contributed by atoms with van der Waals surface area (Å²) in [5.41, 5.74) is 3.88. The monoisotopic (exact) mass is 269 g/mol. The Morgan fingerprint density at radius 2 is 1.70 bits per heavy atom. The van der Waals surface area contributed by atoms with Gasteiger partial charge in [-0.3, -0.25) is 0 Å². The fraction of sp³-hybridized carbons (Fsp3) is 0.333. The van der Waals surface area contributed by atoms with E-state index in [9.17, 15) is 0 Å². The van der Waals surface area contributed by atoms with Gasteiger partial charge in [0.25, 0.3) is 0 Å². The molecule has 0 spiro atoms. The molecule has 0 aromatic heterocycles. The van der Waals surface area contributed by atoms with Crippen LogP contribution < -0.4 is 10.1 Å². The number of hydrogen-bond acceptors (Lipinski definition) is 2. The highest BCUT2D eigenvalue weighted by molar-refractivity contribution is 5.29. The smallest absolute Gasteiger partial charge is 0.120 e. The van der Waals surface area contributed by atoms with Crippen LogP contribution in [0.1, 0.15) is 23.6 Å². The van der Waals surface area contributed by atoms with Gasteiger partial charge in [0.2, 0.25) is 0 Å². The normalized spacial score (nSPS) is 10.5. The number of ether oxygens (including phenoxy) is 1. The van der Waals surface area contributed by atoms with Crippen molar-refractivity contribution in [3.8, 4) is 5.75 Å². The van der Waals surface area contributed by atoms with Crippen LogP contribution in [-0.2, 0) is 19.4 Å². The molecule has 0 unspecified atom stereocenters. The average Bonchev–Trinajstić information content (AvgIpc) is 2.52. The zero-order valence-electron chi connectivity index (χ0n) is 12.4. The number of nitrogens with one attached hydrogen (secondary N) is 1. The van der Waals surface area contributed by atoms with Gasteiger partial charge in [0.15, 0.2) is 0 Å². The Labute approximate surface area is 121 Å². The third kappa shape index (κ3) is 4.39. The fourth-order valence-corrected chi connectivity index (χ4v) is 2.09. The molecular weight excluding hydrogens is 246 g/mol. The van der Waals surface area contributed by atoms with Crippen molar-refractivity contribution in [2.45, 2.75) is 26.4 Å². The molecule has 0 amide bonds. The lowest BCUT2D eigenvalue weighted by Crippen LogP contribution is -2.10. The van der Waals surface area contributed by atoms with Crippen LogP contribution >= 0.6 is 0 Å². The summed E-state index contributed by atoms with van der Waals surface area (Å²) in [4.78, 5) is 0. The van der Waals surface area contributed by atoms with E-state index < -0.39 is 0 Å². The second kappa shape index (κ2) is 7.71. The van der Waals surface area contributed by atoms with Crippen LogP contribution in [0.15, 0.2) is 48.5 Å². The quantitative estimate of drug-likeness (QED) is 0.829. The van der Waals surface area contributed by atoms with Gasteiger partial charge in [0.05, 0.1) is 0 Å². The first-order valence-electron chi connectivity index (χ1n) is 7.26. The lowest BCUT2D eigenvalue weighted by atomic mass is 10.1. The van der Waals surface area contributed by atoms with Crippen LogP contribution in [0.5, 0.6) is 5.75 Å². The van der Waals surface area contributed by atoms with Gasteiger partial charge in [-0.2, -0.15) is 0 Å². The van der Waals surface area contributed by atoms with Crippen LogP contribution in [0.4, 0.5) is 0 Å². The van der Waals surface area contributed by atoms with Gasteiger partial charge >= 0.3 is 0 Å². The van der Waals surface area contributed by atoms with Crippen LogP contribution in [0.25, 0.3) is 0 Å². The molecule has 1 N–H and O–H groups in total. The lowest BCUT2D eigenvalue weighted by molar-refractivity contribution is 0.306. The molecule has 0 bridgehead atoms. The summed E-state index contributed by atoms with van der Waals surface area (Å²) < 4.78 is 5.84. The van der Waals surface area contributed by atoms with E-state index in [1.54, 1.807) is 0 Å². The molecule has 0 aliphatic carbocycles. The van der Waals surface area contributed by atoms with E-state index in [4.69, 9.17) is 4.74 Å². The van der Waals surface area contributed by atoms with E-state index in [-0.39, 0.29) is 0 Å². The van der Waals surface area contributed by atoms with Crippen molar-refractivity contribution in [3.63, 3.8) is 0 Å². The first-order valence-corrected chi connectivity index (χ1v) is 7.26. The highest BCUT2D eigenvalue weighted by Crippen LogP contribution is 2.16. The number of aryl methyl sites for hydroxylation is 1. The van der Waals surface area contributed by atoms with Crippen molar-refractivity contribution in [1.29, 1.82) is 0 Å². The third-order valence-electron chi connectivity index (χ3n) is 3.40. The van der Waals surface area contributed by atoms with E-state index in [1.165, 1.54) is 16.7 Å². The van der Waals surface area contributed by atoms with Gasteiger partial charge in [-0.1, -0.05) is 43.3 Å². The Morgan fingerprint density at radius 3 is 2.40 bits per heavy atom. The summed E-state index contributed by atoms with van der Waals surface area (Å²) in [6.45, 7) is 3.79. The zero-order valence-corrected chi connectivity index (χ0v) is 12.4. The maximum atomic E-state index is 5.84. The molecule has 2 nitrogen and oxygen atoms in total. The van der Waals surface area contributed by atoms with E-state index >= 15 is 0 Å². The minimum absolute atomic E-state index is 0.624. The van der Waals surface area contributed by atoms with Gasteiger partial charge in [-0.15, -0.1) is 0 Å². The van der Waals surface area contributed by atoms with Crippen molar-refractivity contribution >= 4 is 0 Å². The standard InChI is InChI=1S/C18H23NO/c1-3-15-5-4-6-18(13-15)20-14-17-9-7-16(8-10-17)11-12-19-2/h4-10,13,19H,3,11-12,14H2,1-2H3. The lowest BCUT2D eigenvalue weighted by Gasteiger charge is -2.08. The van der Waals surface area contributed by atoms with Crippen molar-refractivity contribution in [2.75, 3.05) is 13.6 Å². The van der Waals surface area contributed by atoms with Crippen LogP contribution in [0, 0.1) is 0 Å². The Hall–Kier alpha value is -1.80. The molecule has 0 heterocycles. The molecular formula is C18H23NO. The number of benzene rings is 2. The Morgan fingerprint density at radius 1 is 0.950 bits per heavy atom. The molecule has 0 radical (unpaired) electrons. The number of likely N-dealkylation sites (N-methyl/N-ethyl adjacent to an activating group) is 1. The van der Waals surface area contributed by atoms with Gasteiger partial charge < -0.3 is 10.1 Å². The summed E-state index contributed by atoms with van der Waals surface area (Å²) in [5.74, 6) is 0.948. The topological polar surface area (TPSA) is 21.3 Å². The van der Waals surface area contributed by atoms with E-state index in [0.29, 0.717) is 6.61 Å². The molecule has 0 aliphatic rings. The minimum atomic E-state index is 0.624. The summed E-state index contributed by atoms with van der Waals surface area (Å²) in [6.07, 6.45) is 2.10. The minimum Gasteiger partial charge on any atom is -0.489 e. The predicted molar refractivity (Wildman–Crippen MR) is 84.2 cm³/mol. The average molecular weight is 269 g/mol. The molecule has 0 atom stereocenters. The van der Waals surface area contributed by atoms with Crippen molar-refractivity contribution in [2.24, 2.45) is 0 Å². The summed E-state index contributed by atoms with van der Waals surface area (Å²) in [7, 11) is 1.98. The van der Waals surface area contributed by atoms with Crippen LogP contribution in [-0.4, -0.2) is 13.6 Å². The molecule has 0 saturated carbocycles. The Bertz CT molecular complexity index is 519. The second-order valence-electron chi connectivity index (χ2n) is 4.96. The van der Waals surface area contributed by atoms with Crippen molar-refractivity contribution in [3.05, 3.63) is 65.2 Å². The first kappa shape index (κ1) is 14.6. The highest BCUT2D eigenvalue weighted by Gasteiger charge is 1.98. The highest BCUT2D eigenvalue weighted by atomic mass is 16.5. The van der Waals surface area contributed by atoms with E-state index in [2.05, 4.69) is 54.7 Å².